The predicted molar refractivity (Wildman–Crippen MR) is 138 cm³/mol. The lowest BCUT2D eigenvalue weighted by atomic mass is 10.1. The summed E-state index contributed by atoms with van der Waals surface area (Å²) < 4.78 is 38.1. The van der Waals surface area contributed by atoms with Gasteiger partial charge in [-0.05, 0) is 60.9 Å². The first-order valence-electron chi connectivity index (χ1n) is 11.4. The van der Waals surface area contributed by atoms with Crippen molar-refractivity contribution in [3.05, 3.63) is 90.0 Å². The van der Waals surface area contributed by atoms with Crippen LogP contribution in [0, 0.1) is 0 Å². The Hall–Kier alpha value is -3.36. The summed E-state index contributed by atoms with van der Waals surface area (Å²) in [7, 11) is 0.763. The number of hydrogen-bond acceptors (Lipinski definition) is 5. The maximum Gasteiger partial charge on any atom is 0.264 e. The van der Waals surface area contributed by atoms with E-state index in [4.69, 9.17) is 9.47 Å². The Morgan fingerprint density at radius 2 is 1.60 bits per heavy atom. The Kier molecular flexibility index (Phi) is 9.28. The third-order valence-electron chi connectivity index (χ3n) is 5.76. The van der Waals surface area contributed by atoms with Crippen LogP contribution in [0.25, 0.3) is 0 Å². The van der Waals surface area contributed by atoms with E-state index < -0.39 is 10.0 Å². The molecule has 1 amide bonds. The highest BCUT2D eigenvalue weighted by molar-refractivity contribution is 7.92. The molecule has 0 heterocycles. The summed E-state index contributed by atoms with van der Waals surface area (Å²) in [6, 6.07) is 23.0. The summed E-state index contributed by atoms with van der Waals surface area (Å²) in [6.07, 6.45) is 1.64. The summed E-state index contributed by atoms with van der Waals surface area (Å²) in [4.78, 5) is 15.1. The number of hydrogen-bond donors (Lipinski definition) is 0. The van der Waals surface area contributed by atoms with Crippen LogP contribution < -0.4 is 9.04 Å². The molecule has 8 heteroatoms. The fourth-order valence-corrected chi connectivity index (χ4v) is 4.94. The summed E-state index contributed by atoms with van der Waals surface area (Å²) in [5.74, 6) is 0.412. The molecule has 0 saturated heterocycles. The molecule has 0 aliphatic heterocycles. The van der Waals surface area contributed by atoms with Gasteiger partial charge in [0.1, 0.15) is 5.75 Å². The molecule has 35 heavy (non-hydrogen) atoms. The van der Waals surface area contributed by atoms with E-state index in [1.807, 2.05) is 18.2 Å². The minimum Gasteiger partial charge on any atom is -0.497 e. The molecule has 3 rings (SSSR count). The van der Waals surface area contributed by atoms with Crippen LogP contribution in [-0.2, 0) is 21.2 Å². The molecule has 186 valence electrons. The average molecular weight is 497 g/mol. The van der Waals surface area contributed by atoms with Gasteiger partial charge in [-0.25, -0.2) is 8.42 Å². The van der Waals surface area contributed by atoms with Gasteiger partial charge in [0.25, 0.3) is 15.9 Å². The van der Waals surface area contributed by atoms with Crippen LogP contribution in [-0.4, -0.2) is 60.2 Å². The molecule has 0 aromatic heterocycles. The molecule has 0 unspecified atom stereocenters. The lowest BCUT2D eigenvalue weighted by Crippen LogP contribution is -2.35. The molecule has 7 nitrogen and oxygen atoms in total. The van der Waals surface area contributed by atoms with Gasteiger partial charge in [-0.3, -0.25) is 9.10 Å². The van der Waals surface area contributed by atoms with Crippen LogP contribution in [0.3, 0.4) is 0 Å². The van der Waals surface area contributed by atoms with E-state index in [0.29, 0.717) is 36.7 Å². The largest absolute Gasteiger partial charge is 0.497 e. The van der Waals surface area contributed by atoms with E-state index in [9.17, 15) is 13.2 Å². The van der Waals surface area contributed by atoms with E-state index in [1.165, 1.54) is 29.0 Å². The highest BCUT2D eigenvalue weighted by Gasteiger charge is 2.24. The van der Waals surface area contributed by atoms with Gasteiger partial charge in [0.05, 0.1) is 24.3 Å². The van der Waals surface area contributed by atoms with E-state index in [1.54, 1.807) is 55.5 Å². The normalized spacial score (nSPS) is 11.2. The average Bonchev–Trinajstić information content (AvgIpc) is 2.90. The number of benzene rings is 3. The van der Waals surface area contributed by atoms with Gasteiger partial charge < -0.3 is 14.4 Å². The molecule has 0 fully saturated rings. The van der Waals surface area contributed by atoms with Gasteiger partial charge in [0, 0.05) is 32.8 Å². The maximum atomic E-state index is 13.3. The van der Waals surface area contributed by atoms with Gasteiger partial charge in [0.15, 0.2) is 0 Å². The number of anilines is 1. The van der Waals surface area contributed by atoms with Gasteiger partial charge in [0.2, 0.25) is 0 Å². The first-order chi connectivity index (χ1) is 16.9. The van der Waals surface area contributed by atoms with Gasteiger partial charge in [-0.2, -0.15) is 0 Å². The summed E-state index contributed by atoms with van der Waals surface area (Å²) in [5.41, 5.74) is 2.02. The molecule has 0 spiro atoms. The Morgan fingerprint density at radius 3 is 2.26 bits per heavy atom. The highest BCUT2D eigenvalue weighted by atomic mass is 32.2. The first-order valence-corrected chi connectivity index (χ1v) is 12.9. The van der Waals surface area contributed by atoms with Crippen LogP contribution in [0.4, 0.5) is 5.69 Å². The van der Waals surface area contributed by atoms with Gasteiger partial charge in [-0.1, -0.05) is 36.4 Å². The van der Waals surface area contributed by atoms with Crippen molar-refractivity contribution in [1.29, 1.82) is 0 Å². The molecule has 3 aromatic rings. The standard InChI is InChI=1S/C27H32N2O5S/c1-28(24-14-16-25(34-3)17-15-24)35(31,32)26-13-7-12-23(21-26)27(30)29(19-20-33-2)18-8-11-22-9-5-4-6-10-22/h4-7,9-10,12-17,21H,8,11,18-20H2,1-3H3. The van der Waals surface area contributed by atoms with Crippen molar-refractivity contribution in [2.24, 2.45) is 0 Å². The summed E-state index contributed by atoms with van der Waals surface area (Å²) in [6.45, 7) is 1.36. The lowest BCUT2D eigenvalue weighted by Gasteiger charge is -2.23. The third-order valence-corrected chi connectivity index (χ3v) is 7.55. The first kappa shape index (κ1) is 26.2. The SMILES string of the molecule is COCCN(CCCc1ccccc1)C(=O)c1cccc(S(=O)(=O)N(C)c2ccc(OC)cc2)c1. The fourth-order valence-electron chi connectivity index (χ4n) is 3.70. The molecular weight excluding hydrogens is 464 g/mol. The smallest absolute Gasteiger partial charge is 0.264 e. The molecule has 0 saturated carbocycles. The molecule has 0 bridgehead atoms. The van der Waals surface area contributed by atoms with E-state index in [0.717, 1.165) is 12.8 Å². The van der Waals surface area contributed by atoms with Crippen molar-refractivity contribution in [3.8, 4) is 5.75 Å². The molecule has 0 aliphatic carbocycles. The maximum absolute atomic E-state index is 13.3. The quantitative estimate of drug-likeness (QED) is 0.375. The number of amides is 1. The van der Waals surface area contributed by atoms with Crippen molar-refractivity contribution in [2.75, 3.05) is 45.3 Å². The fraction of sp³-hybridized carbons (Fsp3) is 0.296. The number of rotatable bonds is 12. The van der Waals surface area contributed by atoms with Gasteiger partial charge >= 0.3 is 0 Å². The van der Waals surface area contributed by atoms with Crippen LogP contribution in [0.1, 0.15) is 22.3 Å². The van der Waals surface area contributed by atoms with Crippen molar-refractivity contribution in [3.63, 3.8) is 0 Å². The molecule has 0 aliphatic rings. The monoisotopic (exact) mass is 496 g/mol. The topological polar surface area (TPSA) is 76.2 Å². The summed E-state index contributed by atoms with van der Waals surface area (Å²) >= 11 is 0. The molecule has 0 atom stereocenters. The Morgan fingerprint density at radius 1 is 0.886 bits per heavy atom. The Balaban J connectivity index is 1.77. The number of carbonyl (C=O) groups is 1. The van der Waals surface area contributed by atoms with Crippen LogP contribution in [0.15, 0.2) is 83.8 Å². The van der Waals surface area contributed by atoms with Crippen LogP contribution in [0.2, 0.25) is 0 Å². The zero-order valence-corrected chi connectivity index (χ0v) is 21.2. The number of aryl methyl sites for hydroxylation is 1. The summed E-state index contributed by atoms with van der Waals surface area (Å²) in [5, 5.41) is 0. The van der Waals surface area contributed by atoms with Crippen LogP contribution in [0.5, 0.6) is 5.75 Å². The Bertz CT molecular complexity index is 1200. The van der Waals surface area contributed by atoms with Crippen molar-refractivity contribution in [2.45, 2.75) is 17.7 Å². The number of sulfonamides is 1. The second kappa shape index (κ2) is 12.4. The van der Waals surface area contributed by atoms with Gasteiger partial charge in [-0.15, -0.1) is 0 Å². The predicted octanol–water partition coefficient (Wildman–Crippen LogP) is 4.24. The van der Waals surface area contributed by atoms with Crippen LogP contribution >= 0.6 is 0 Å². The van der Waals surface area contributed by atoms with Crippen molar-refractivity contribution < 1.29 is 22.7 Å². The highest BCUT2D eigenvalue weighted by Crippen LogP contribution is 2.25. The second-order valence-electron chi connectivity index (χ2n) is 8.07. The molecule has 3 aromatic carbocycles. The zero-order chi connectivity index (χ0) is 25.3. The number of methoxy groups -OCH3 is 2. The molecule has 0 radical (unpaired) electrons. The van der Waals surface area contributed by atoms with E-state index in [2.05, 4.69) is 12.1 Å². The molecular formula is C27H32N2O5S. The lowest BCUT2D eigenvalue weighted by molar-refractivity contribution is 0.0693. The zero-order valence-electron chi connectivity index (χ0n) is 20.4. The van der Waals surface area contributed by atoms with E-state index >= 15 is 0 Å². The Labute approximate surface area is 207 Å². The second-order valence-corrected chi connectivity index (χ2v) is 10.0. The number of ether oxygens (including phenoxy) is 2. The molecule has 0 N–H and O–H groups in total. The minimum atomic E-state index is -3.87. The van der Waals surface area contributed by atoms with Crippen molar-refractivity contribution >= 4 is 21.6 Å². The third kappa shape index (κ3) is 6.83. The number of nitrogens with zero attached hydrogens (tertiary/aromatic N) is 2. The number of carbonyl (C=O) groups excluding carboxylic acids is 1. The van der Waals surface area contributed by atoms with E-state index in [-0.39, 0.29) is 10.8 Å². The minimum absolute atomic E-state index is 0.0534. The van der Waals surface area contributed by atoms with Crippen molar-refractivity contribution in [1.82, 2.24) is 4.90 Å².